The number of thioether (sulfide) groups is 1. The molecule has 0 atom stereocenters. The van der Waals surface area contributed by atoms with Crippen molar-refractivity contribution in [3.63, 3.8) is 0 Å². The lowest BCUT2D eigenvalue weighted by Gasteiger charge is -2.40. The Labute approximate surface area is 198 Å². The molecule has 5 nitrogen and oxygen atoms in total. The fourth-order valence-corrected chi connectivity index (χ4v) is 5.28. The standard InChI is InChI=1S/C27H25N3O2S/c31-23-13-11-20(12-14-23)19-24-26(32)28-27(33-24)30-17-15-29(16-18-30)25(21-7-3-1-4-8-21)22-9-5-2-6-10-22/h1-14,19,25,31H,15-18H2/b24-19-. The number of amides is 1. The first-order chi connectivity index (χ1) is 16.2. The van der Waals surface area contributed by atoms with Crippen LogP contribution < -0.4 is 0 Å². The molecule has 0 saturated carbocycles. The number of amidine groups is 1. The summed E-state index contributed by atoms with van der Waals surface area (Å²) in [4.78, 5) is 22.1. The number of nitrogens with zero attached hydrogens (tertiary/aromatic N) is 3. The van der Waals surface area contributed by atoms with Crippen LogP contribution in [0.2, 0.25) is 0 Å². The monoisotopic (exact) mass is 455 g/mol. The van der Waals surface area contributed by atoms with Crippen LogP contribution in [0, 0.1) is 0 Å². The molecular formula is C27H25N3O2S. The highest BCUT2D eigenvalue weighted by atomic mass is 32.2. The van der Waals surface area contributed by atoms with E-state index in [0.717, 1.165) is 36.9 Å². The molecule has 3 aromatic carbocycles. The van der Waals surface area contributed by atoms with Gasteiger partial charge in [0.05, 0.1) is 10.9 Å². The molecule has 0 aromatic heterocycles. The Morgan fingerprint density at radius 2 is 1.39 bits per heavy atom. The Kier molecular flexibility index (Phi) is 6.28. The Hall–Kier alpha value is -3.35. The Bertz CT molecular complexity index is 1130. The van der Waals surface area contributed by atoms with Gasteiger partial charge in [-0.3, -0.25) is 9.69 Å². The number of aliphatic imine (C=N–C) groups is 1. The molecular weight excluding hydrogens is 430 g/mol. The lowest BCUT2D eigenvalue weighted by Crippen LogP contribution is -2.49. The van der Waals surface area contributed by atoms with Crippen LogP contribution >= 0.6 is 11.8 Å². The highest BCUT2D eigenvalue weighted by molar-refractivity contribution is 8.18. The van der Waals surface area contributed by atoms with Gasteiger partial charge < -0.3 is 10.0 Å². The number of phenolic OH excluding ortho intramolecular Hbond substituents is 1. The smallest absolute Gasteiger partial charge is 0.286 e. The fourth-order valence-electron chi connectivity index (χ4n) is 4.31. The summed E-state index contributed by atoms with van der Waals surface area (Å²) in [5.74, 6) is 0.0126. The summed E-state index contributed by atoms with van der Waals surface area (Å²) >= 11 is 1.43. The van der Waals surface area contributed by atoms with Crippen LogP contribution in [-0.2, 0) is 4.79 Å². The van der Waals surface area contributed by atoms with Gasteiger partial charge >= 0.3 is 0 Å². The van der Waals surface area contributed by atoms with Crippen LogP contribution in [0.3, 0.4) is 0 Å². The van der Waals surface area contributed by atoms with Crippen molar-refractivity contribution < 1.29 is 9.90 Å². The minimum absolute atomic E-state index is 0.197. The number of hydrogen-bond donors (Lipinski definition) is 1. The molecule has 1 saturated heterocycles. The first-order valence-electron chi connectivity index (χ1n) is 11.1. The third-order valence-corrected chi connectivity index (χ3v) is 7.03. The third kappa shape index (κ3) is 4.87. The van der Waals surface area contributed by atoms with Gasteiger partial charge in [0, 0.05) is 26.2 Å². The van der Waals surface area contributed by atoms with Gasteiger partial charge in [-0.1, -0.05) is 72.8 Å². The zero-order valence-corrected chi connectivity index (χ0v) is 19.0. The first kappa shape index (κ1) is 21.5. The molecule has 166 valence electrons. The van der Waals surface area contributed by atoms with Gasteiger partial charge in [0.2, 0.25) is 0 Å². The Balaban J connectivity index is 1.28. The summed E-state index contributed by atoms with van der Waals surface area (Å²) in [6.07, 6.45) is 1.83. The zero-order valence-electron chi connectivity index (χ0n) is 18.2. The van der Waals surface area contributed by atoms with Crippen LogP contribution in [0.15, 0.2) is 94.8 Å². The lowest BCUT2D eigenvalue weighted by molar-refractivity contribution is -0.113. The second-order valence-corrected chi connectivity index (χ2v) is 9.16. The average molecular weight is 456 g/mol. The minimum atomic E-state index is -0.197. The molecule has 5 rings (SSSR count). The van der Waals surface area contributed by atoms with E-state index < -0.39 is 0 Å². The molecule has 3 aromatic rings. The number of benzene rings is 3. The maximum absolute atomic E-state index is 12.5. The van der Waals surface area contributed by atoms with E-state index in [9.17, 15) is 9.90 Å². The number of piperazine rings is 1. The summed E-state index contributed by atoms with van der Waals surface area (Å²) in [5, 5.41) is 10.2. The van der Waals surface area contributed by atoms with Gasteiger partial charge in [-0.2, -0.15) is 4.99 Å². The molecule has 0 bridgehead atoms. The Morgan fingerprint density at radius 3 is 1.97 bits per heavy atom. The van der Waals surface area contributed by atoms with Crippen molar-refractivity contribution in [2.24, 2.45) is 4.99 Å². The topological polar surface area (TPSA) is 56.1 Å². The van der Waals surface area contributed by atoms with E-state index in [2.05, 4.69) is 75.5 Å². The number of aromatic hydroxyl groups is 1. The largest absolute Gasteiger partial charge is 0.508 e. The summed E-state index contributed by atoms with van der Waals surface area (Å²) in [5.41, 5.74) is 3.46. The summed E-state index contributed by atoms with van der Waals surface area (Å²) < 4.78 is 0. The van der Waals surface area contributed by atoms with E-state index in [-0.39, 0.29) is 17.7 Å². The molecule has 1 N–H and O–H groups in total. The summed E-state index contributed by atoms with van der Waals surface area (Å²) in [7, 11) is 0. The van der Waals surface area contributed by atoms with Gasteiger partial charge in [-0.25, -0.2) is 0 Å². The number of carbonyl (C=O) groups excluding carboxylic acids is 1. The number of rotatable bonds is 4. The quantitative estimate of drug-likeness (QED) is 0.575. The van der Waals surface area contributed by atoms with Crippen LogP contribution in [0.5, 0.6) is 5.75 Å². The van der Waals surface area contributed by atoms with Crippen molar-refractivity contribution in [3.05, 3.63) is 107 Å². The lowest BCUT2D eigenvalue weighted by atomic mass is 9.96. The first-order valence-corrected chi connectivity index (χ1v) is 11.9. The second kappa shape index (κ2) is 9.65. The third-order valence-electron chi connectivity index (χ3n) is 5.98. The molecule has 2 aliphatic rings. The molecule has 2 heterocycles. The summed E-state index contributed by atoms with van der Waals surface area (Å²) in [6, 6.07) is 28.3. The molecule has 0 radical (unpaired) electrons. The second-order valence-electron chi connectivity index (χ2n) is 8.15. The van der Waals surface area contributed by atoms with E-state index >= 15 is 0 Å². The number of carbonyl (C=O) groups is 1. The summed E-state index contributed by atoms with van der Waals surface area (Å²) in [6.45, 7) is 3.42. The molecule has 0 spiro atoms. The van der Waals surface area contributed by atoms with Crippen molar-refractivity contribution in [1.29, 1.82) is 0 Å². The molecule has 2 aliphatic heterocycles. The van der Waals surface area contributed by atoms with Gasteiger partial charge in [0.15, 0.2) is 5.17 Å². The van der Waals surface area contributed by atoms with Gasteiger partial charge in [0.25, 0.3) is 5.91 Å². The van der Waals surface area contributed by atoms with Crippen molar-refractivity contribution in [1.82, 2.24) is 9.80 Å². The van der Waals surface area contributed by atoms with E-state index in [4.69, 9.17) is 0 Å². The molecule has 1 fully saturated rings. The molecule has 6 heteroatoms. The zero-order chi connectivity index (χ0) is 22.6. The maximum atomic E-state index is 12.5. The van der Waals surface area contributed by atoms with Gasteiger partial charge in [-0.15, -0.1) is 0 Å². The van der Waals surface area contributed by atoms with Crippen LogP contribution in [0.1, 0.15) is 22.7 Å². The van der Waals surface area contributed by atoms with Crippen molar-refractivity contribution in [3.8, 4) is 5.75 Å². The van der Waals surface area contributed by atoms with Crippen molar-refractivity contribution in [2.75, 3.05) is 26.2 Å². The molecule has 33 heavy (non-hydrogen) atoms. The number of hydrogen-bond acceptors (Lipinski definition) is 5. The highest BCUT2D eigenvalue weighted by Crippen LogP contribution is 2.33. The molecule has 0 aliphatic carbocycles. The van der Waals surface area contributed by atoms with E-state index in [1.165, 1.54) is 22.9 Å². The van der Waals surface area contributed by atoms with E-state index in [0.29, 0.717) is 4.91 Å². The fraction of sp³-hybridized carbons (Fsp3) is 0.185. The van der Waals surface area contributed by atoms with Crippen molar-refractivity contribution in [2.45, 2.75) is 6.04 Å². The van der Waals surface area contributed by atoms with E-state index in [1.807, 2.05) is 6.08 Å². The van der Waals surface area contributed by atoms with Crippen LogP contribution in [-0.4, -0.2) is 52.2 Å². The van der Waals surface area contributed by atoms with Crippen molar-refractivity contribution >= 4 is 28.9 Å². The van der Waals surface area contributed by atoms with E-state index in [1.54, 1.807) is 24.3 Å². The number of phenols is 1. The minimum Gasteiger partial charge on any atom is -0.508 e. The predicted molar refractivity (Wildman–Crippen MR) is 134 cm³/mol. The normalized spacial score (nSPS) is 18.2. The predicted octanol–water partition coefficient (Wildman–Crippen LogP) is 4.77. The average Bonchev–Trinajstić information content (AvgIpc) is 3.22. The molecule has 0 unspecified atom stereocenters. The van der Waals surface area contributed by atoms with Gasteiger partial charge in [-0.05, 0) is 46.7 Å². The Morgan fingerprint density at radius 1 is 0.818 bits per heavy atom. The van der Waals surface area contributed by atoms with Gasteiger partial charge in [0.1, 0.15) is 5.75 Å². The SMILES string of the molecule is O=C1N=C(N2CCN(C(c3ccccc3)c3ccccc3)CC2)S/C1=C\c1ccc(O)cc1. The maximum Gasteiger partial charge on any atom is 0.286 e. The molecule has 1 amide bonds. The highest BCUT2D eigenvalue weighted by Gasteiger charge is 2.31. The van der Waals surface area contributed by atoms with Crippen LogP contribution in [0.25, 0.3) is 6.08 Å². The van der Waals surface area contributed by atoms with Crippen LogP contribution in [0.4, 0.5) is 0 Å².